The van der Waals surface area contributed by atoms with Crippen LogP contribution in [0.5, 0.6) is 5.75 Å². The molecule has 23 heavy (non-hydrogen) atoms. The van der Waals surface area contributed by atoms with E-state index in [1.54, 1.807) is 12.3 Å². The minimum atomic E-state index is -4.81. The van der Waals surface area contributed by atoms with E-state index in [1.165, 1.54) is 6.07 Å². The molecule has 0 saturated heterocycles. The number of nitrogens with one attached hydrogen (secondary N) is 1. The maximum absolute atomic E-state index is 12.2. The third-order valence-electron chi connectivity index (χ3n) is 2.63. The number of nitrogens with zero attached hydrogens (tertiary/aromatic N) is 2. The van der Waals surface area contributed by atoms with Crippen molar-refractivity contribution in [3.63, 3.8) is 0 Å². The molecule has 1 N–H and O–H groups in total. The van der Waals surface area contributed by atoms with Gasteiger partial charge in [-0.2, -0.15) is 5.26 Å². The fraction of sp³-hybridized carbons (Fsp3) is 0.154. The van der Waals surface area contributed by atoms with Crippen LogP contribution in [0.15, 0.2) is 32.6 Å². The van der Waals surface area contributed by atoms with Gasteiger partial charge in [-0.05, 0) is 40.4 Å². The van der Waals surface area contributed by atoms with Gasteiger partial charge in [-0.15, -0.1) is 13.2 Å². The Labute approximate surface area is 140 Å². The smallest absolute Gasteiger partial charge is 0.406 e. The molecule has 0 saturated carbocycles. The topological polar surface area (TPSA) is 78.8 Å². The molecular weight excluding hydrogens is 399 g/mol. The summed E-state index contributed by atoms with van der Waals surface area (Å²) >= 11 is 4.27. The van der Waals surface area contributed by atoms with Gasteiger partial charge >= 0.3 is 6.36 Å². The molecule has 0 aliphatic rings. The van der Waals surface area contributed by atoms with E-state index in [4.69, 9.17) is 5.26 Å². The fourth-order valence-corrected chi connectivity index (χ4v) is 2.66. The standard InChI is InChI=1S/C13H7BrF3N3O2S/c1-23-12-19-10(8(5-18)11(21)20-12)7-3-2-6(4-9(7)14)22-13(15,16)17/h2-4H,1H3,(H,19,20,21). The van der Waals surface area contributed by atoms with E-state index in [1.807, 2.05) is 0 Å². The molecule has 0 spiro atoms. The molecule has 0 aliphatic carbocycles. The van der Waals surface area contributed by atoms with E-state index in [9.17, 15) is 18.0 Å². The van der Waals surface area contributed by atoms with Crippen molar-refractivity contribution < 1.29 is 17.9 Å². The number of ether oxygens (including phenoxy) is 1. The summed E-state index contributed by atoms with van der Waals surface area (Å²) in [6.45, 7) is 0. The summed E-state index contributed by atoms with van der Waals surface area (Å²) in [5, 5.41) is 9.40. The minimum Gasteiger partial charge on any atom is -0.406 e. The number of benzene rings is 1. The van der Waals surface area contributed by atoms with Gasteiger partial charge in [0.25, 0.3) is 5.56 Å². The van der Waals surface area contributed by atoms with Gasteiger partial charge in [0.1, 0.15) is 17.4 Å². The Kier molecular flexibility index (Phi) is 5.01. The van der Waals surface area contributed by atoms with Gasteiger partial charge in [-0.25, -0.2) is 4.98 Å². The molecule has 0 atom stereocenters. The lowest BCUT2D eigenvalue weighted by molar-refractivity contribution is -0.274. The Morgan fingerprint density at radius 2 is 2.13 bits per heavy atom. The molecule has 2 aromatic rings. The average Bonchev–Trinajstić information content (AvgIpc) is 2.44. The van der Waals surface area contributed by atoms with E-state index in [-0.39, 0.29) is 20.9 Å². The predicted octanol–water partition coefficient (Wildman–Crippen LogP) is 3.69. The van der Waals surface area contributed by atoms with Gasteiger partial charge in [-0.3, -0.25) is 4.79 Å². The lowest BCUT2D eigenvalue weighted by Gasteiger charge is -2.11. The number of hydrogen-bond donors (Lipinski definition) is 1. The highest BCUT2D eigenvalue weighted by Crippen LogP contribution is 2.33. The van der Waals surface area contributed by atoms with Crippen LogP contribution in [0.25, 0.3) is 11.3 Å². The van der Waals surface area contributed by atoms with E-state index in [0.29, 0.717) is 5.56 Å². The van der Waals surface area contributed by atoms with Gasteiger partial charge in [0.05, 0.1) is 5.69 Å². The molecule has 0 aliphatic heterocycles. The summed E-state index contributed by atoms with van der Waals surface area (Å²) < 4.78 is 40.7. The van der Waals surface area contributed by atoms with Crippen molar-refractivity contribution >= 4 is 27.7 Å². The van der Waals surface area contributed by atoms with Crippen molar-refractivity contribution in [2.24, 2.45) is 0 Å². The highest BCUT2D eigenvalue weighted by molar-refractivity contribution is 9.10. The van der Waals surface area contributed by atoms with E-state index in [2.05, 4.69) is 30.6 Å². The Hall–Kier alpha value is -1.99. The number of rotatable bonds is 3. The lowest BCUT2D eigenvalue weighted by Crippen LogP contribution is -2.17. The summed E-state index contributed by atoms with van der Waals surface area (Å²) in [5.74, 6) is -0.429. The molecule has 120 valence electrons. The monoisotopic (exact) mass is 405 g/mol. The fourth-order valence-electron chi connectivity index (χ4n) is 1.73. The van der Waals surface area contributed by atoms with Crippen molar-refractivity contribution in [1.82, 2.24) is 9.97 Å². The van der Waals surface area contributed by atoms with Crippen molar-refractivity contribution in [3.8, 4) is 23.1 Å². The molecule has 0 amide bonds. The number of H-pyrrole nitrogens is 1. The Morgan fingerprint density at radius 3 is 2.65 bits per heavy atom. The highest BCUT2D eigenvalue weighted by atomic mass is 79.9. The molecule has 0 fully saturated rings. The number of halogens is 4. The summed E-state index contributed by atoms with van der Waals surface area (Å²) in [7, 11) is 0. The van der Waals surface area contributed by atoms with Crippen LogP contribution in [-0.4, -0.2) is 22.6 Å². The van der Waals surface area contributed by atoms with Gasteiger partial charge in [0.2, 0.25) is 0 Å². The van der Waals surface area contributed by atoms with Crippen molar-refractivity contribution in [1.29, 1.82) is 5.26 Å². The summed E-state index contributed by atoms with van der Waals surface area (Å²) in [4.78, 5) is 18.5. The number of hydrogen-bond acceptors (Lipinski definition) is 5. The van der Waals surface area contributed by atoms with Crippen LogP contribution in [-0.2, 0) is 0 Å². The van der Waals surface area contributed by atoms with Crippen LogP contribution >= 0.6 is 27.7 Å². The summed E-state index contributed by atoms with van der Waals surface area (Å²) in [5.41, 5.74) is -0.471. The first-order valence-corrected chi connectivity index (χ1v) is 7.91. The van der Waals surface area contributed by atoms with Crippen molar-refractivity contribution in [3.05, 3.63) is 38.6 Å². The third kappa shape index (κ3) is 4.05. The second-order valence-electron chi connectivity index (χ2n) is 4.10. The molecule has 10 heteroatoms. The first-order chi connectivity index (χ1) is 10.7. The normalized spacial score (nSPS) is 11.1. The molecule has 2 rings (SSSR count). The van der Waals surface area contributed by atoms with E-state index in [0.717, 1.165) is 23.9 Å². The first kappa shape index (κ1) is 17.4. The molecule has 1 aromatic carbocycles. The lowest BCUT2D eigenvalue weighted by atomic mass is 10.1. The van der Waals surface area contributed by atoms with Crippen LogP contribution < -0.4 is 10.3 Å². The maximum Gasteiger partial charge on any atom is 0.573 e. The number of alkyl halides is 3. The minimum absolute atomic E-state index is 0.0750. The SMILES string of the molecule is CSc1nc(-c2ccc(OC(F)(F)F)cc2Br)c(C#N)c(=O)[nH]1. The highest BCUT2D eigenvalue weighted by Gasteiger charge is 2.31. The molecule has 1 heterocycles. The number of nitriles is 1. The van der Waals surface area contributed by atoms with Crippen molar-refractivity contribution in [2.45, 2.75) is 11.5 Å². The molecular formula is C13H7BrF3N3O2S. The Morgan fingerprint density at radius 1 is 1.43 bits per heavy atom. The maximum atomic E-state index is 12.2. The molecule has 0 radical (unpaired) electrons. The van der Waals surface area contributed by atoms with Gasteiger partial charge in [-0.1, -0.05) is 11.8 Å². The quantitative estimate of drug-likeness (QED) is 0.622. The zero-order chi connectivity index (χ0) is 17.2. The molecule has 1 aromatic heterocycles. The molecule has 5 nitrogen and oxygen atoms in total. The second-order valence-corrected chi connectivity index (χ2v) is 5.75. The largest absolute Gasteiger partial charge is 0.573 e. The predicted molar refractivity (Wildman–Crippen MR) is 81.2 cm³/mol. The third-order valence-corrected chi connectivity index (χ3v) is 3.87. The Bertz CT molecular complexity index is 846. The van der Waals surface area contributed by atoms with Crippen LogP contribution in [0.3, 0.4) is 0 Å². The number of aromatic nitrogens is 2. The zero-order valence-corrected chi connectivity index (χ0v) is 13.8. The van der Waals surface area contributed by atoms with E-state index < -0.39 is 17.7 Å². The van der Waals surface area contributed by atoms with Crippen molar-refractivity contribution in [2.75, 3.05) is 6.26 Å². The zero-order valence-electron chi connectivity index (χ0n) is 11.4. The summed E-state index contributed by atoms with van der Waals surface area (Å²) in [6.07, 6.45) is -3.13. The molecule has 0 bridgehead atoms. The average molecular weight is 406 g/mol. The van der Waals surface area contributed by atoms with Gasteiger partial charge in [0.15, 0.2) is 5.16 Å². The van der Waals surface area contributed by atoms with E-state index >= 15 is 0 Å². The first-order valence-electron chi connectivity index (χ1n) is 5.89. The van der Waals surface area contributed by atoms with Crippen LogP contribution in [0.2, 0.25) is 0 Å². The Balaban J connectivity index is 2.57. The van der Waals surface area contributed by atoms with Crippen LogP contribution in [0.4, 0.5) is 13.2 Å². The van der Waals surface area contributed by atoms with Crippen LogP contribution in [0.1, 0.15) is 5.56 Å². The molecule has 0 unspecified atom stereocenters. The summed E-state index contributed by atoms with van der Waals surface area (Å²) in [6, 6.07) is 5.20. The number of aromatic amines is 1. The van der Waals surface area contributed by atoms with Gasteiger partial charge in [0, 0.05) is 10.0 Å². The second kappa shape index (κ2) is 6.64. The van der Waals surface area contributed by atoms with Crippen LogP contribution in [0, 0.1) is 11.3 Å². The number of thioether (sulfide) groups is 1. The van der Waals surface area contributed by atoms with Gasteiger partial charge < -0.3 is 9.72 Å².